The molecule has 3 rings (SSSR count). The van der Waals surface area contributed by atoms with Gasteiger partial charge in [0.1, 0.15) is 0 Å². The molecule has 1 aromatic heterocycles. The minimum Gasteiger partial charge on any atom is -0.379 e. The maximum absolute atomic E-state index is 13.0. The van der Waals surface area contributed by atoms with Crippen LogP contribution in [0.5, 0.6) is 0 Å². The van der Waals surface area contributed by atoms with Crippen molar-refractivity contribution in [2.75, 3.05) is 32.8 Å². The molecule has 1 aliphatic rings. The summed E-state index contributed by atoms with van der Waals surface area (Å²) in [5, 5.41) is 3.21. The van der Waals surface area contributed by atoms with Gasteiger partial charge in [-0.3, -0.25) is 14.7 Å². The fourth-order valence-corrected chi connectivity index (χ4v) is 4.14. The summed E-state index contributed by atoms with van der Waals surface area (Å²) in [6.07, 6.45) is 3.63. The Morgan fingerprint density at radius 1 is 1.22 bits per heavy atom. The standard InChI is InChI=1S/C21H27N3O2S/c1-21(2,16-24-10-12-26-13-11-24)23-20(25)18-7-3-4-8-19(18)27-15-17-6-5-9-22-14-17/h3-9,14H,10-13,15-16H2,1-2H3,(H,23,25). The van der Waals surface area contributed by atoms with E-state index in [2.05, 4.69) is 29.0 Å². The largest absolute Gasteiger partial charge is 0.379 e. The number of pyridine rings is 1. The molecular weight excluding hydrogens is 358 g/mol. The molecule has 1 N–H and O–H groups in total. The number of thioether (sulfide) groups is 1. The first-order valence-electron chi connectivity index (χ1n) is 9.27. The summed E-state index contributed by atoms with van der Waals surface area (Å²) in [7, 11) is 0. The molecule has 0 bridgehead atoms. The van der Waals surface area contributed by atoms with Crippen molar-refractivity contribution in [1.82, 2.24) is 15.2 Å². The number of nitrogens with one attached hydrogen (secondary N) is 1. The molecular formula is C21H27N3O2S. The lowest BCUT2D eigenvalue weighted by molar-refractivity contribution is 0.0269. The van der Waals surface area contributed by atoms with Crippen molar-refractivity contribution in [3.8, 4) is 0 Å². The van der Waals surface area contributed by atoms with Crippen LogP contribution in [0.4, 0.5) is 0 Å². The van der Waals surface area contributed by atoms with Gasteiger partial charge in [0.2, 0.25) is 0 Å². The Morgan fingerprint density at radius 3 is 2.74 bits per heavy atom. The lowest BCUT2D eigenvalue weighted by Gasteiger charge is -2.35. The third-order valence-corrected chi connectivity index (χ3v) is 5.57. The summed E-state index contributed by atoms with van der Waals surface area (Å²) < 4.78 is 5.41. The molecule has 1 aromatic carbocycles. The van der Waals surface area contributed by atoms with E-state index in [0.717, 1.165) is 54.6 Å². The molecule has 0 radical (unpaired) electrons. The Labute approximate surface area is 165 Å². The molecule has 0 aliphatic carbocycles. The molecule has 1 aliphatic heterocycles. The second-order valence-corrected chi connectivity index (χ2v) is 8.39. The van der Waals surface area contributed by atoms with E-state index >= 15 is 0 Å². The van der Waals surface area contributed by atoms with Crippen LogP contribution in [0, 0.1) is 0 Å². The molecule has 2 heterocycles. The van der Waals surface area contributed by atoms with Crippen molar-refractivity contribution in [3.05, 3.63) is 59.9 Å². The number of rotatable bonds is 7. The van der Waals surface area contributed by atoms with Gasteiger partial charge < -0.3 is 10.1 Å². The molecule has 0 unspecified atom stereocenters. The van der Waals surface area contributed by atoms with Crippen LogP contribution in [0.15, 0.2) is 53.7 Å². The number of carbonyl (C=O) groups excluding carboxylic acids is 1. The van der Waals surface area contributed by atoms with Gasteiger partial charge in [0, 0.05) is 48.2 Å². The minimum atomic E-state index is -0.310. The van der Waals surface area contributed by atoms with E-state index in [1.165, 1.54) is 0 Å². The molecule has 1 amide bonds. The zero-order valence-electron chi connectivity index (χ0n) is 16.0. The van der Waals surface area contributed by atoms with Gasteiger partial charge >= 0.3 is 0 Å². The van der Waals surface area contributed by atoms with E-state index < -0.39 is 0 Å². The van der Waals surface area contributed by atoms with Crippen LogP contribution in [0.2, 0.25) is 0 Å². The molecule has 1 saturated heterocycles. The fourth-order valence-electron chi connectivity index (χ4n) is 3.16. The van der Waals surface area contributed by atoms with Gasteiger partial charge in [-0.2, -0.15) is 0 Å². The Hall–Kier alpha value is -1.89. The maximum atomic E-state index is 13.0. The third-order valence-electron chi connectivity index (χ3n) is 4.42. The van der Waals surface area contributed by atoms with Gasteiger partial charge in [0.25, 0.3) is 5.91 Å². The van der Waals surface area contributed by atoms with Crippen LogP contribution in [-0.4, -0.2) is 54.2 Å². The quantitative estimate of drug-likeness (QED) is 0.742. The average Bonchev–Trinajstić information content (AvgIpc) is 2.67. The molecule has 144 valence electrons. The van der Waals surface area contributed by atoms with Crippen LogP contribution in [0.3, 0.4) is 0 Å². The number of aromatic nitrogens is 1. The molecule has 0 saturated carbocycles. The molecule has 6 heteroatoms. The van der Waals surface area contributed by atoms with Gasteiger partial charge in [0.15, 0.2) is 0 Å². The summed E-state index contributed by atoms with van der Waals surface area (Å²) >= 11 is 1.66. The number of hydrogen-bond acceptors (Lipinski definition) is 5. The minimum absolute atomic E-state index is 0.0254. The Kier molecular flexibility index (Phi) is 6.88. The molecule has 5 nitrogen and oxygen atoms in total. The smallest absolute Gasteiger partial charge is 0.252 e. The van der Waals surface area contributed by atoms with Gasteiger partial charge in [-0.05, 0) is 37.6 Å². The van der Waals surface area contributed by atoms with Gasteiger partial charge in [-0.25, -0.2) is 0 Å². The van der Waals surface area contributed by atoms with E-state index in [1.54, 1.807) is 18.0 Å². The summed E-state index contributed by atoms with van der Waals surface area (Å²) in [4.78, 5) is 20.4. The normalized spacial score (nSPS) is 15.5. The Balaban J connectivity index is 1.63. The number of hydrogen-bond donors (Lipinski definition) is 1. The van der Waals surface area contributed by atoms with Crippen molar-refractivity contribution in [2.24, 2.45) is 0 Å². The average molecular weight is 386 g/mol. The third kappa shape index (κ3) is 6.06. The van der Waals surface area contributed by atoms with Crippen LogP contribution in [0.25, 0.3) is 0 Å². The highest BCUT2D eigenvalue weighted by molar-refractivity contribution is 7.98. The van der Waals surface area contributed by atoms with Gasteiger partial charge in [-0.1, -0.05) is 18.2 Å². The monoisotopic (exact) mass is 385 g/mol. The van der Waals surface area contributed by atoms with Crippen molar-refractivity contribution in [2.45, 2.75) is 30.0 Å². The first kappa shape index (κ1) is 19.9. The van der Waals surface area contributed by atoms with Gasteiger partial charge in [-0.15, -0.1) is 11.8 Å². The fraction of sp³-hybridized carbons (Fsp3) is 0.429. The second-order valence-electron chi connectivity index (χ2n) is 7.37. The van der Waals surface area contributed by atoms with Crippen molar-refractivity contribution in [1.29, 1.82) is 0 Å². The zero-order valence-corrected chi connectivity index (χ0v) is 16.8. The first-order chi connectivity index (χ1) is 13.0. The summed E-state index contributed by atoms with van der Waals surface area (Å²) in [6, 6.07) is 11.8. The first-order valence-corrected chi connectivity index (χ1v) is 10.3. The van der Waals surface area contributed by atoms with E-state index in [9.17, 15) is 4.79 Å². The number of carbonyl (C=O) groups is 1. The van der Waals surface area contributed by atoms with Crippen LogP contribution in [0.1, 0.15) is 29.8 Å². The van der Waals surface area contributed by atoms with E-state index in [1.807, 2.05) is 42.6 Å². The highest BCUT2D eigenvalue weighted by Gasteiger charge is 2.26. The summed E-state index contributed by atoms with van der Waals surface area (Å²) in [5.41, 5.74) is 1.56. The van der Waals surface area contributed by atoms with Crippen LogP contribution < -0.4 is 5.32 Å². The van der Waals surface area contributed by atoms with E-state index in [4.69, 9.17) is 4.74 Å². The number of morpholine rings is 1. The number of amides is 1. The van der Waals surface area contributed by atoms with E-state index in [-0.39, 0.29) is 11.4 Å². The van der Waals surface area contributed by atoms with E-state index in [0.29, 0.717) is 0 Å². The van der Waals surface area contributed by atoms with Crippen LogP contribution in [-0.2, 0) is 10.5 Å². The molecule has 0 atom stereocenters. The predicted octanol–water partition coefficient (Wildman–Crippen LogP) is 3.21. The molecule has 2 aromatic rings. The maximum Gasteiger partial charge on any atom is 0.252 e. The highest BCUT2D eigenvalue weighted by atomic mass is 32.2. The van der Waals surface area contributed by atoms with Crippen molar-refractivity contribution < 1.29 is 9.53 Å². The lowest BCUT2D eigenvalue weighted by Crippen LogP contribution is -2.53. The molecule has 27 heavy (non-hydrogen) atoms. The van der Waals surface area contributed by atoms with Crippen molar-refractivity contribution >= 4 is 17.7 Å². The number of benzene rings is 1. The van der Waals surface area contributed by atoms with Gasteiger partial charge in [0.05, 0.1) is 18.8 Å². The second kappa shape index (κ2) is 9.35. The Bertz CT molecular complexity index is 746. The Morgan fingerprint density at radius 2 is 2.00 bits per heavy atom. The SMILES string of the molecule is CC(C)(CN1CCOCC1)NC(=O)c1ccccc1SCc1cccnc1. The van der Waals surface area contributed by atoms with Crippen LogP contribution >= 0.6 is 11.8 Å². The highest BCUT2D eigenvalue weighted by Crippen LogP contribution is 2.26. The number of ether oxygens (including phenoxy) is 1. The topological polar surface area (TPSA) is 54.5 Å². The lowest BCUT2D eigenvalue weighted by atomic mass is 10.0. The summed E-state index contributed by atoms with van der Waals surface area (Å²) in [5.74, 6) is 0.762. The summed E-state index contributed by atoms with van der Waals surface area (Å²) in [6.45, 7) is 8.31. The predicted molar refractivity (Wildman–Crippen MR) is 109 cm³/mol. The van der Waals surface area contributed by atoms with Crippen molar-refractivity contribution in [3.63, 3.8) is 0 Å². The zero-order chi connectivity index (χ0) is 19.1. The molecule has 1 fully saturated rings. The number of nitrogens with zero attached hydrogens (tertiary/aromatic N) is 2. The molecule has 0 spiro atoms.